The summed E-state index contributed by atoms with van der Waals surface area (Å²) < 4.78 is 24.7. The van der Waals surface area contributed by atoms with Crippen LogP contribution in [-0.2, 0) is 62.4 Å². The first-order valence-electron chi connectivity index (χ1n) is 17.2. The van der Waals surface area contributed by atoms with Crippen LogP contribution < -0.4 is 10.9 Å². The van der Waals surface area contributed by atoms with Crippen molar-refractivity contribution >= 4 is 87.4 Å². The fourth-order valence-corrected chi connectivity index (χ4v) is 6.77. The number of imidazole rings is 2. The third kappa shape index (κ3) is 10.4. The second kappa shape index (κ2) is 18.5. The summed E-state index contributed by atoms with van der Waals surface area (Å²) in [5.41, 5.74) is 6.50. The van der Waals surface area contributed by atoms with Crippen molar-refractivity contribution in [3.63, 3.8) is 0 Å². The van der Waals surface area contributed by atoms with Crippen molar-refractivity contribution in [3.8, 4) is 0 Å². The molecule has 8 rings (SSSR count). The van der Waals surface area contributed by atoms with Gasteiger partial charge in [0.25, 0.3) is 0 Å². The number of fused-ring (bicyclic) bond motifs is 2. The Bertz CT molecular complexity index is 2190. The molecule has 0 saturated carbocycles. The fraction of sp³-hybridized carbons (Fsp3) is 0.378. The first-order valence-corrected chi connectivity index (χ1v) is 19.7. The number of hydrogen-bond donors (Lipinski definition) is 3. The van der Waals surface area contributed by atoms with Gasteiger partial charge in [-0.3, -0.25) is 0 Å². The number of benzene rings is 2. The van der Waals surface area contributed by atoms with Gasteiger partial charge in [0, 0.05) is 43.8 Å². The fourth-order valence-electron chi connectivity index (χ4n) is 5.28. The standard InChI is InChI=1S/C18H21BN4O2S.C13H18BBrO2.C5H4N4S.CH3.Y/c1-17(2)18(3,4)25-19(24-17)13-7-5-12(6-8-13)9-26-16-14-15(21-10-20-14)22-11-23-16;1-12(2)13(3,4)17-14(16-12)11-7-5-10(9-15)6-8-11;10-5-3-4(7-1-6-3)8-2-9-5;;/h5-8,10-11H,9H2,1-4H3,(H,20,21,22,23);5-8H,9H2,1-4H3;1-2H,(H2,6,7,8,9,10);1H3;/q;;;-1;. The number of aromatic amines is 3. The quantitative estimate of drug-likeness (QED) is 0.0387. The minimum absolute atomic E-state index is 0. The maximum atomic E-state index is 6.10. The van der Waals surface area contributed by atoms with E-state index in [1.807, 2.05) is 0 Å². The average molecular weight is 921 g/mol. The molecule has 287 valence electrons. The molecule has 55 heavy (non-hydrogen) atoms. The number of thioether (sulfide) groups is 1. The van der Waals surface area contributed by atoms with E-state index < -0.39 is 0 Å². The Morgan fingerprint density at radius 3 is 1.62 bits per heavy atom. The summed E-state index contributed by atoms with van der Waals surface area (Å²) in [5.74, 6) is 0.814. The van der Waals surface area contributed by atoms with Crippen molar-refractivity contribution in [1.82, 2.24) is 39.9 Å². The predicted molar refractivity (Wildman–Crippen MR) is 224 cm³/mol. The molecule has 4 aromatic heterocycles. The number of halogens is 1. The summed E-state index contributed by atoms with van der Waals surface area (Å²) in [4.78, 5) is 29.3. The van der Waals surface area contributed by atoms with E-state index in [9.17, 15) is 0 Å². The molecule has 6 aromatic rings. The number of H-pyrrole nitrogens is 3. The molecule has 0 atom stereocenters. The Kier molecular flexibility index (Phi) is 15.3. The molecule has 12 nitrogen and oxygen atoms in total. The van der Waals surface area contributed by atoms with Crippen molar-refractivity contribution in [2.24, 2.45) is 0 Å². The molecule has 3 N–H and O–H groups in total. The number of rotatable bonds is 6. The van der Waals surface area contributed by atoms with Crippen LogP contribution in [0.4, 0.5) is 0 Å². The molecule has 0 spiro atoms. The molecule has 2 aliphatic heterocycles. The Morgan fingerprint density at radius 2 is 1.11 bits per heavy atom. The van der Waals surface area contributed by atoms with Crippen LogP contribution in [0, 0.1) is 12.1 Å². The normalized spacial score (nSPS) is 17.4. The maximum Gasteiger partial charge on any atom is 0.494 e. The molecule has 0 amide bonds. The monoisotopic (exact) mass is 920 g/mol. The molecule has 2 aromatic carbocycles. The van der Waals surface area contributed by atoms with Crippen LogP contribution in [0.1, 0.15) is 66.5 Å². The SMILES string of the molecule is CC1(C)OB(c2ccc(CBr)cc2)OC1(C)C.CC1(C)OB(c2ccc(CSc3ncnc4nc[nH]c34)cc2)OC1(C)C.S=c1nc[nH]c2nc[nH]c12.[CH3-].[Y]. The smallest absolute Gasteiger partial charge is 0.399 e. The number of aromatic nitrogens is 8. The van der Waals surface area contributed by atoms with Crippen LogP contribution in [0.15, 0.2) is 78.9 Å². The molecule has 2 aliphatic rings. The number of nitrogens with zero attached hydrogens (tertiary/aromatic N) is 5. The molecule has 18 heteroatoms. The van der Waals surface area contributed by atoms with Gasteiger partial charge in [-0.25, -0.2) is 24.9 Å². The van der Waals surface area contributed by atoms with Gasteiger partial charge in [0.15, 0.2) is 15.9 Å². The average Bonchev–Trinajstić information content (AvgIpc) is 3.89. The third-order valence-corrected chi connectivity index (χ3v) is 12.0. The molecule has 2 fully saturated rings. The number of hydrogen-bond acceptors (Lipinski definition) is 11. The first kappa shape index (κ1) is 45.4. The zero-order chi connectivity index (χ0) is 38.0. The summed E-state index contributed by atoms with van der Waals surface area (Å²) in [5, 5.41) is 1.78. The second-order valence-corrected chi connectivity index (χ2v) is 16.6. The van der Waals surface area contributed by atoms with E-state index in [-0.39, 0.29) is 76.8 Å². The zero-order valence-corrected chi connectivity index (χ0v) is 38.7. The molecular formula is C37H46B2BrN8O4S2Y-. The summed E-state index contributed by atoms with van der Waals surface area (Å²) >= 11 is 10.0. The van der Waals surface area contributed by atoms with E-state index in [1.54, 1.807) is 30.7 Å². The Labute approximate surface area is 366 Å². The van der Waals surface area contributed by atoms with Crippen molar-refractivity contribution in [3.05, 3.63) is 97.0 Å². The summed E-state index contributed by atoms with van der Waals surface area (Å²) in [7, 11) is -0.586. The van der Waals surface area contributed by atoms with Crippen LogP contribution in [0.5, 0.6) is 0 Å². The van der Waals surface area contributed by atoms with Crippen LogP contribution in [-0.4, -0.2) is 76.5 Å². The van der Waals surface area contributed by atoms with Crippen LogP contribution in [0.3, 0.4) is 0 Å². The van der Waals surface area contributed by atoms with Gasteiger partial charge in [0.2, 0.25) is 0 Å². The second-order valence-electron chi connectivity index (χ2n) is 14.7. The van der Waals surface area contributed by atoms with E-state index in [0.717, 1.165) is 43.7 Å². The summed E-state index contributed by atoms with van der Waals surface area (Å²) in [6.07, 6.45) is 6.31. The molecular weight excluding hydrogens is 875 g/mol. The minimum atomic E-state index is -0.326. The number of alkyl halides is 1. The predicted octanol–water partition coefficient (Wildman–Crippen LogP) is 7.29. The minimum Gasteiger partial charge on any atom is -0.399 e. The number of nitrogens with one attached hydrogen (secondary N) is 3. The van der Waals surface area contributed by atoms with Gasteiger partial charge < -0.3 is 41.0 Å². The van der Waals surface area contributed by atoms with Gasteiger partial charge >= 0.3 is 14.2 Å². The topological polar surface area (TPSA) is 149 Å². The maximum absolute atomic E-state index is 6.10. The molecule has 0 bridgehead atoms. The molecule has 0 aliphatic carbocycles. The van der Waals surface area contributed by atoms with Gasteiger partial charge in [-0.05, 0) is 77.4 Å². The largest absolute Gasteiger partial charge is 0.494 e. The van der Waals surface area contributed by atoms with Crippen molar-refractivity contribution in [2.45, 2.75) is 93.9 Å². The van der Waals surface area contributed by atoms with Crippen LogP contribution in [0.2, 0.25) is 0 Å². The van der Waals surface area contributed by atoms with Crippen LogP contribution >= 0.6 is 39.9 Å². The molecule has 0 unspecified atom stereocenters. The van der Waals surface area contributed by atoms with E-state index in [1.165, 1.54) is 17.5 Å². The van der Waals surface area contributed by atoms with Crippen molar-refractivity contribution in [2.75, 3.05) is 0 Å². The summed E-state index contributed by atoms with van der Waals surface area (Å²) in [6, 6.07) is 16.7. The van der Waals surface area contributed by atoms with Gasteiger partial charge in [-0.15, -0.1) is 0 Å². The van der Waals surface area contributed by atoms with E-state index >= 15 is 0 Å². The molecule has 2 saturated heterocycles. The van der Waals surface area contributed by atoms with Gasteiger partial charge in [0.05, 0.1) is 41.4 Å². The van der Waals surface area contributed by atoms with Crippen molar-refractivity contribution < 1.29 is 51.3 Å². The zero-order valence-electron chi connectivity index (χ0n) is 32.6. The Morgan fingerprint density at radius 1 is 0.636 bits per heavy atom. The molecule has 1 radical (unpaired) electrons. The van der Waals surface area contributed by atoms with E-state index in [0.29, 0.717) is 10.3 Å². The van der Waals surface area contributed by atoms with Gasteiger partial charge in [-0.1, -0.05) is 88.4 Å². The Hall–Kier alpha value is -2.34. The van der Waals surface area contributed by atoms with E-state index in [4.69, 9.17) is 30.8 Å². The molecule has 6 heterocycles. The summed E-state index contributed by atoms with van der Waals surface area (Å²) in [6.45, 7) is 16.5. The Balaban J connectivity index is 0.000000199. The third-order valence-electron chi connectivity index (χ3n) is 9.96. The van der Waals surface area contributed by atoms with Gasteiger partial charge in [0.1, 0.15) is 22.4 Å². The van der Waals surface area contributed by atoms with Crippen molar-refractivity contribution in [1.29, 1.82) is 0 Å². The van der Waals surface area contributed by atoms with E-state index in [2.05, 4.69) is 160 Å². The first-order chi connectivity index (χ1) is 25.1. The van der Waals surface area contributed by atoms with Gasteiger partial charge in [-0.2, -0.15) is 0 Å². The van der Waals surface area contributed by atoms with Crippen LogP contribution in [0.25, 0.3) is 22.3 Å².